The van der Waals surface area contributed by atoms with Gasteiger partial charge in [-0.15, -0.1) is 0 Å². The minimum absolute atomic E-state index is 0.790. The van der Waals surface area contributed by atoms with Gasteiger partial charge in [-0.1, -0.05) is 60.2 Å². The topological polar surface area (TPSA) is 30.7 Å². The van der Waals surface area contributed by atoms with Gasteiger partial charge in [-0.25, -0.2) is 9.97 Å². The molecule has 0 fully saturated rings. The third-order valence-corrected chi connectivity index (χ3v) is 5.03. The maximum Gasteiger partial charge on any atom is 0.160 e. The maximum atomic E-state index is 4.97. The molecule has 0 aliphatic heterocycles. The molecule has 0 aliphatic rings. The zero-order chi connectivity index (χ0) is 17.7. The Labute approximate surface area is 151 Å². The summed E-state index contributed by atoms with van der Waals surface area (Å²) >= 11 is 0. The van der Waals surface area contributed by atoms with E-state index in [-0.39, 0.29) is 0 Å². The number of rotatable bonds is 2. The number of nitrogens with zero attached hydrogens (tertiary/aromatic N) is 3. The van der Waals surface area contributed by atoms with Crippen LogP contribution in [0, 0.1) is 13.8 Å². The molecule has 0 radical (unpaired) electrons. The third kappa shape index (κ3) is 2.28. The van der Waals surface area contributed by atoms with E-state index in [0.717, 1.165) is 28.7 Å². The number of hydrogen-bond acceptors (Lipinski definition) is 2. The number of fused-ring (bicyclic) bond motifs is 4. The lowest BCUT2D eigenvalue weighted by atomic mass is 10.1. The molecule has 0 bridgehead atoms. The Morgan fingerprint density at radius 1 is 0.769 bits per heavy atom. The van der Waals surface area contributed by atoms with Crippen molar-refractivity contribution in [1.29, 1.82) is 0 Å². The minimum atomic E-state index is 0.790. The van der Waals surface area contributed by atoms with E-state index in [0.29, 0.717) is 0 Å². The first-order chi connectivity index (χ1) is 12.7. The molecular formula is C23H19N3. The summed E-state index contributed by atoms with van der Waals surface area (Å²) in [6.07, 6.45) is 0. The van der Waals surface area contributed by atoms with Crippen LogP contribution in [0.3, 0.4) is 0 Å². The maximum absolute atomic E-state index is 4.97. The SMILES string of the molecule is Cc1ccc(Cn2c3nc4ccccc4nc3c3cccc(C)c32)cc1. The second kappa shape index (κ2) is 5.67. The van der Waals surface area contributed by atoms with Crippen molar-refractivity contribution in [2.75, 3.05) is 0 Å². The fourth-order valence-corrected chi connectivity index (χ4v) is 3.70. The Morgan fingerprint density at radius 2 is 1.50 bits per heavy atom. The van der Waals surface area contributed by atoms with E-state index < -0.39 is 0 Å². The fraction of sp³-hybridized carbons (Fsp3) is 0.130. The van der Waals surface area contributed by atoms with Gasteiger partial charge in [-0.05, 0) is 37.1 Å². The standard InChI is InChI=1S/C23H19N3/c1-15-10-12-17(13-11-15)14-26-22-16(2)6-5-7-18(22)21-23(26)25-20-9-4-3-8-19(20)24-21/h3-13H,14H2,1-2H3. The molecule has 0 saturated heterocycles. The molecule has 0 N–H and O–H groups in total. The average Bonchev–Trinajstić information content (AvgIpc) is 2.96. The van der Waals surface area contributed by atoms with Crippen LogP contribution >= 0.6 is 0 Å². The Bertz CT molecular complexity index is 1260. The van der Waals surface area contributed by atoms with Gasteiger partial charge in [0.15, 0.2) is 5.65 Å². The van der Waals surface area contributed by atoms with Crippen LogP contribution < -0.4 is 0 Å². The smallest absolute Gasteiger partial charge is 0.160 e. The zero-order valence-corrected chi connectivity index (χ0v) is 14.9. The van der Waals surface area contributed by atoms with E-state index in [1.807, 2.05) is 24.3 Å². The van der Waals surface area contributed by atoms with E-state index in [9.17, 15) is 0 Å². The van der Waals surface area contributed by atoms with Gasteiger partial charge in [0.25, 0.3) is 0 Å². The second-order valence-electron chi connectivity index (χ2n) is 6.93. The van der Waals surface area contributed by atoms with E-state index in [2.05, 4.69) is 60.9 Å². The van der Waals surface area contributed by atoms with Gasteiger partial charge in [0, 0.05) is 11.9 Å². The highest BCUT2D eigenvalue weighted by molar-refractivity contribution is 6.07. The van der Waals surface area contributed by atoms with Crippen molar-refractivity contribution in [2.24, 2.45) is 0 Å². The lowest BCUT2D eigenvalue weighted by molar-refractivity contribution is 0.854. The van der Waals surface area contributed by atoms with Crippen LogP contribution in [-0.2, 0) is 6.54 Å². The summed E-state index contributed by atoms with van der Waals surface area (Å²) in [4.78, 5) is 9.91. The summed E-state index contributed by atoms with van der Waals surface area (Å²) in [7, 11) is 0. The number of aromatic nitrogens is 3. The molecule has 126 valence electrons. The van der Waals surface area contributed by atoms with Crippen molar-refractivity contribution in [1.82, 2.24) is 14.5 Å². The van der Waals surface area contributed by atoms with Gasteiger partial charge in [-0.2, -0.15) is 0 Å². The van der Waals surface area contributed by atoms with Crippen LogP contribution in [0.1, 0.15) is 16.7 Å². The first-order valence-corrected chi connectivity index (χ1v) is 8.90. The molecule has 2 heterocycles. The van der Waals surface area contributed by atoms with Crippen molar-refractivity contribution < 1.29 is 0 Å². The van der Waals surface area contributed by atoms with Crippen molar-refractivity contribution in [3.05, 3.63) is 83.4 Å². The average molecular weight is 337 g/mol. The molecule has 26 heavy (non-hydrogen) atoms. The first-order valence-electron chi connectivity index (χ1n) is 8.90. The van der Waals surface area contributed by atoms with Crippen LogP contribution in [0.5, 0.6) is 0 Å². The third-order valence-electron chi connectivity index (χ3n) is 5.03. The normalized spacial score (nSPS) is 11.6. The van der Waals surface area contributed by atoms with E-state index in [1.165, 1.54) is 27.6 Å². The number of aryl methyl sites for hydroxylation is 2. The molecule has 0 aliphatic carbocycles. The minimum Gasteiger partial charge on any atom is -0.319 e. The van der Waals surface area contributed by atoms with Crippen molar-refractivity contribution in [2.45, 2.75) is 20.4 Å². The molecule has 5 rings (SSSR count). The lowest BCUT2D eigenvalue weighted by Gasteiger charge is -2.09. The predicted molar refractivity (Wildman–Crippen MR) is 108 cm³/mol. The molecule has 0 atom stereocenters. The Hall–Kier alpha value is -3.20. The van der Waals surface area contributed by atoms with Gasteiger partial charge in [0.2, 0.25) is 0 Å². The largest absolute Gasteiger partial charge is 0.319 e. The van der Waals surface area contributed by atoms with Crippen LogP contribution in [0.25, 0.3) is 33.1 Å². The highest BCUT2D eigenvalue weighted by Crippen LogP contribution is 2.31. The molecule has 2 aromatic heterocycles. The molecule has 0 amide bonds. The quantitative estimate of drug-likeness (QED) is 0.431. The molecule has 0 saturated carbocycles. The van der Waals surface area contributed by atoms with Crippen LogP contribution in [-0.4, -0.2) is 14.5 Å². The fourth-order valence-electron chi connectivity index (χ4n) is 3.70. The van der Waals surface area contributed by atoms with Gasteiger partial charge in [0.1, 0.15) is 5.52 Å². The summed E-state index contributed by atoms with van der Waals surface area (Å²) in [6.45, 7) is 5.07. The Morgan fingerprint density at radius 3 is 2.27 bits per heavy atom. The molecule has 3 nitrogen and oxygen atoms in total. The predicted octanol–water partition coefficient (Wildman–Crippen LogP) is 5.40. The zero-order valence-electron chi connectivity index (χ0n) is 14.9. The van der Waals surface area contributed by atoms with Gasteiger partial charge in [0.05, 0.1) is 16.6 Å². The summed E-state index contributed by atoms with van der Waals surface area (Å²) < 4.78 is 2.31. The monoisotopic (exact) mass is 337 g/mol. The molecule has 5 aromatic rings. The van der Waals surface area contributed by atoms with Gasteiger partial charge >= 0.3 is 0 Å². The first kappa shape index (κ1) is 15.1. The number of para-hydroxylation sites is 3. The number of benzene rings is 3. The summed E-state index contributed by atoms with van der Waals surface area (Å²) in [5, 5.41) is 1.17. The highest BCUT2D eigenvalue weighted by Gasteiger charge is 2.16. The second-order valence-corrected chi connectivity index (χ2v) is 6.93. The molecule has 3 heteroatoms. The molecule has 0 unspecified atom stereocenters. The van der Waals surface area contributed by atoms with Gasteiger partial charge < -0.3 is 4.57 Å². The van der Waals surface area contributed by atoms with E-state index >= 15 is 0 Å². The number of hydrogen-bond donors (Lipinski definition) is 0. The Kier molecular flexibility index (Phi) is 3.29. The van der Waals surface area contributed by atoms with Crippen molar-refractivity contribution in [3.8, 4) is 0 Å². The summed E-state index contributed by atoms with van der Waals surface area (Å²) in [5.74, 6) is 0. The van der Waals surface area contributed by atoms with Crippen LogP contribution in [0.4, 0.5) is 0 Å². The lowest BCUT2D eigenvalue weighted by Crippen LogP contribution is -2.02. The molecular weight excluding hydrogens is 318 g/mol. The van der Waals surface area contributed by atoms with Crippen LogP contribution in [0.2, 0.25) is 0 Å². The molecule has 3 aromatic carbocycles. The van der Waals surface area contributed by atoms with Crippen molar-refractivity contribution >= 4 is 33.1 Å². The highest BCUT2D eigenvalue weighted by atomic mass is 15.1. The van der Waals surface area contributed by atoms with Crippen molar-refractivity contribution in [3.63, 3.8) is 0 Å². The van der Waals surface area contributed by atoms with E-state index in [1.54, 1.807) is 0 Å². The Balaban J connectivity index is 1.86. The van der Waals surface area contributed by atoms with Gasteiger partial charge in [-0.3, -0.25) is 0 Å². The van der Waals surface area contributed by atoms with E-state index in [4.69, 9.17) is 9.97 Å². The summed E-state index contributed by atoms with van der Waals surface area (Å²) in [6, 6.07) is 23.2. The van der Waals surface area contributed by atoms with Crippen LogP contribution in [0.15, 0.2) is 66.7 Å². The molecule has 0 spiro atoms. The summed E-state index contributed by atoms with van der Waals surface area (Å²) in [5.41, 5.74) is 8.83.